The van der Waals surface area contributed by atoms with Gasteiger partial charge in [0.1, 0.15) is 11.6 Å². The molecule has 1 aromatic heterocycles. The summed E-state index contributed by atoms with van der Waals surface area (Å²) in [7, 11) is 1.55. The number of hydrazine groups is 1. The highest BCUT2D eigenvalue weighted by atomic mass is 35.5. The molecular weight excluding hydrogens is 269 g/mol. The van der Waals surface area contributed by atoms with Gasteiger partial charge >= 0.3 is 0 Å². The van der Waals surface area contributed by atoms with Gasteiger partial charge in [-0.15, -0.1) is 0 Å². The molecule has 0 aliphatic rings. The first-order valence-electron chi connectivity index (χ1n) is 5.55. The predicted octanol–water partition coefficient (Wildman–Crippen LogP) is 2.44. The molecular formula is C13H13ClFN3O. The molecule has 0 fully saturated rings. The second-order valence-corrected chi connectivity index (χ2v) is 4.33. The zero-order valence-electron chi connectivity index (χ0n) is 10.2. The van der Waals surface area contributed by atoms with Crippen LogP contribution >= 0.6 is 11.6 Å². The number of methoxy groups -OCH3 is 1. The molecule has 0 aliphatic carbocycles. The maximum Gasteiger partial charge on any atom is 0.137 e. The van der Waals surface area contributed by atoms with E-state index in [1.807, 2.05) is 0 Å². The van der Waals surface area contributed by atoms with Gasteiger partial charge in [-0.2, -0.15) is 0 Å². The molecule has 0 saturated carbocycles. The molecule has 4 nitrogen and oxygen atoms in total. The third kappa shape index (κ3) is 3.01. The molecule has 2 rings (SSSR count). The lowest BCUT2D eigenvalue weighted by atomic mass is 10.0. The number of pyridine rings is 1. The highest BCUT2D eigenvalue weighted by Crippen LogP contribution is 2.29. The fraction of sp³-hybridized carbons (Fsp3) is 0.154. The summed E-state index contributed by atoms with van der Waals surface area (Å²) in [6.45, 7) is 0. The van der Waals surface area contributed by atoms with Crippen molar-refractivity contribution in [3.05, 3.63) is 58.6 Å². The normalized spacial score (nSPS) is 12.2. The van der Waals surface area contributed by atoms with Crippen LogP contribution in [0, 0.1) is 5.82 Å². The monoisotopic (exact) mass is 281 g/mol. The summed E-state index contributed by atoms with van der Waals surface area (Å²) >= 11 is 6.04. The number of nitrogens with two attached hydrogens (primary N) is 1. The second kappa shape index (κ2) is 5.97. The molecule has 1 aromatic carbocycles. The minimum Gasteiger partial charge on any atom is -0.495 e. The number of benzene rings is 1. The molecule has 3 N–H and O–H groups in total. The molecule has 0 spiro atoms. The topological polar surface area (TPSA) is 60.2 Å². The van der Waals surface area contributed by atoms with Crippen molar-refractivity contribution in [1.82, 2.24) is 10.4 Å². The Bertz CT molecular complexity index is 580. The van der Waals surface area contributed by atoms with Crippen LogP contribution < -0.4 is 16.0 Å². The Morgan fingerprint density at radius 1 is 1.37 bits per heavy atom. The summed E-state index contributed by atoms with van der Waals surface area (Å²) in [6.07, 6.45) is 3.23. The summed E-state index contributed by atoms with van der Waals surface area (Å²) in [5.41, 5.74) is 4.08. The standard InChI is InChI=1S/C13H13ClFN3O/c1-19-10-4-8(6-17-7-10)13(18-16)11-3-2-9(15)5-12(11)14/h2-7,13,18H,16H2,1H3. The predicted molar refractivity (Wildman–Crippen MR) is 71.4 cm³/mol. The molecule has 6 heteroatoms. The lowest BCUT2D eigenvalue weighted by Gasteiger charge is -2.18. The van der Waals surface area contributed by atoms with Crippen LogP contribution in [0.2, 0.25) is 5.02 Å². The number of halogens is 2. The van der Waals surface area contributed by atoms with Gasteiger partial charge in [0.2, 0.25) is 0 Å². The first-order chi connectivity index (χ1) is 9.15. The van der Waals surface area contributed by atoms with Crippen molar-refractivity contribution in [2.75, 3.05) is 7.11 Å². The van der Waals surface area contributed by atoms with Crippen molar-refractivity contribution in [1.29, 1.82) is 0 Å². The van der Waals surface area contributed by atoms with Crippen LogP contribution in [0.3, 0.4) is 0 Å². The summed E-state index contributed by atoms with van der Waals surface area (Å²) in [4.78, 5) is 4.06. The second-order valence-electron chi connectivity index (χ2n) is 3.92. The quantitative estimate of drug-likeness (QED) is 0.667. The molecule has 19 heavy (non-hydrogen) atoms. The SMILES string of the molecule is COc1cncc(C(NN)c2ccc(F)cc2Cl)c1. The van der Waals surface area contributed by atoms with E-state index in [-0.39, 0.29) is 0 Å². The molecule has 0 bridgehead atoms. The van der Waals surface area contributed by atoms with E-state index in [2.05, 4.69) is 10.4 Å². The number of hydrogen-bond acceptors (Lipinski definition) is 4. The van der Waals surface area contributed by atoms with Gasteiger partial charge in [0.05, 0.1) is 19.3 Å². The van der Waals surface area contributed by atoms with E-state index in [0.29, 0.717) is 16.3 Å². The van der Waals surface area contributed by atoms with E-state index in [0.717, 1.165) is 5.56 Å². The minimum atomic E-state index is -0.395. The van der Waals surface area contributed by atoms with Crippen molar-refractivity contribution in [2.45, 2.75) is 6.04 Å². The van der Waals surface area contributed by atoms with Crippen molar-refractivity contribution >= 4 is 11.6 Å². The van der Waals surface area contributed by atoms with Crippen LogP contribution in [-0.4, -0.2) is 12.1 Å². The summed E-state index contributed by atoms with van der Waals surface area (Å²) in [5.74, 6) is 5.78. The van der Waals surface area contributed by atoms with Crippen molar-refractivity contribution in [3.63, 3.8) is 0 Å². The zero-order chi connectivity index (χ0) is 13.8. The molecule has 1 heterocycles. The Morgan fingerprint density at radius 3 is 2.79 bits per heavy atom. The van der Waals surface area contributed by atoms with Crippen LogP contribution in [-0.2, 0) is 0 Å². The Morgan fingerprint density at radius 2 is 2.16 bits per heavy atom. The lowest BCUT2D eigenvalue weighted by Crippen LogP contribution is -2.29. The largest absolute Gasteiger partial charge is 0.495 e. The Kier molecular flexibility index (Phi) is 4.31. The lowest BCUT2D eigenvalue weighted by molar-refractivity contribution is 0.411. The number of ether oxygens (including phenoxy) is 1. The molecule has 1 unspecified atom stereocenters. The van der Waals surface area contributed by atoms with Gasteiger partial charge in [0.15, 0.2) is 0 Å². The maximum absolute atomic E-state index is 13.1. The molecule has 0 radical (unpaired) electrons. The van der Waals surface area contributed by atoms with Gasteiger partial charge in [-0.1, -0.05) is 17.7 Å². The minimum absolute atomic E-state index is 0.297. The third-order valence-corrected chi connectivity index (χ3v) is 3.07. The molecule has 2 aromatic rings. The average molecular weight is 282 g/mol. The van der Waals surface area contributed by atoms with Gasteiger partial charge in [-0.3, -0.25) is 10.8 Å². The zero-order valence-corrected chi connectivity index (χ0v) is 11.0. The number of aromatic nitrogens is 1. The summed E-state index contributed by atoms with van der Waals surface area (Å²) in [5, 5.41) is 0.297. The molecule has 0 saturated heterocycles. The number of hydrogen-bond donors (Lipinski definition) is 2. The van der Waals surface area contributed by atoms with E-state index in [1.54, 1.807) is 31.6 Å². The highest BCUT2D eigenvalue weighted by molar-refractivity contribution is 6.31. The van der Waals surface area contributed by atoms with Gasteiger partial charge in [0, 0.05) is 11.2 Å². The van der Waals surface area contributed by atoms with Crippen molar-refractivity contribution in [2.24, 2.45) is 5.84 Å². The van der Waals surface area contributed by atoms with Crippen LogP contribution in [0.1, 0.15) is 17.2 Å². The first kappa shape index (κ1) is 13.7. The Balaban J connectivity index is 2.43. The Hall–Kier alpha value is -1.69. The number of nitrogens with zero attached hydrogens (tertiary/aromatic N) is 1. The van der Waals surface area contributed by atoms with Gasteiger partial charge in [-0.25, -0.2) is 9.82 Å². The van der Waals surface area contributed by atoms with E-state index >= 15 is 0 Å². The van der Waals surface area contributed by atoms with Crippen molar-refractivity contribution in [3.8, 4) is 5.75 Å². The van der Waals surface area contributed by atoms with Crippen LogP contribution in [0.15, 0.2) is 36.7 Å². The number of rotatable bonds is 4. The van der Waals surface area contributed by atoms with Gasteiger partial charge < -0.3 is 4.74 Å². The van der Waals surface area contributed by atoms with E-state index < -0.39 is 11.9 Å². The summed E-state index contributed by atoms with van der Waals surface area (Å²) < 4.78 is 18.2. The highest BCUT2D eigenvalue weighted by Gasteiger charge is 2.17. The first-order valence-corrected chi connectivity index (χ1v) is 5.93. The Labute approximate surface area is 115 Å². The average Bonchev–Trinajstić information content (AvgIpc) is 2.42. The fourth-order valence-electron chi connectivity index (χ4n) is 1.81. The van der Waals surface area contributed by atoms with Gasteiger partial charge in [-0.05, 0) is 29.3 Å². The molecule has 0 aliphatic heterocycles. The smallest absolute Gasteiger partial charge is 0.137 e. The fourth-order valence-corrected chi connectivity index (χ4v) is 2.08. The van der Waals surface area contributed by atoms with E-state index in [1.165, 1.54) is 12.1 Å². The van der Waals surface area contributed by atoms with Crippen molar-refractivity contribution < 1.29 is 9.13 Å². The third-order valence-electron chi connectivity index (χ3n) is 2.74. The molecule has 0 amide bonds. The molecule has 1 atom stereocenters. The molecule has 100 valence electrons. The maximum atomic E-state index is 13.1. The van der Waals surface area contributed by atoms with E-state index in [4.69, 9.17) is 22.2 Å². The van der Waals surface area contributed by atoms with Gasteiger partial charge in [0.25, 0.3) is 0 Å². The number of nitrogens with one attached hydrogen (secondary N) is 1. The van der Waals surface area contributed by atoms with E-state index in [9.17, 15) is 4.39 Å². The van der Waals surface area contributed by atoms with Crippen LogP contribution in [0.25, 0.3) is 0 Å². The summed E-state index contributed by atoms with van der Waals surface area (Å²) in [6, 6.07) is 5.56. The van der Waals surface area contributed by atoms with Crippen LogP contribution in [0.5, 0.6) is 5.75 Å². The van der Waals surface area contributed by atoms with Crippen LogP contribution in [0.4, 0.5) is 4.39 Å².